The number of rotatable bonds is 6. The van der Waals surface area contributed by atoms with Crippen LogP contribution in [0, 0.1) is 11.2 Å². The lowest BCUT2D eigenvalue weighted by Gasteiger charge is -2.29. The van der Waals surface area contributed by atoms with Crippen molar-refractivity contribution < 1.29 is 14.3 Å². The Labute approximate surface area is 147 Å². The van der Waals surface area contributed by atoms with Crippen molar-refractivity contribution in [3.63, 3.8) is 0 Å². The fourth-order valence-corrected chi connectivity index (χ4v) is 2.40. The Morgan fingerprint density at radius 3 is 2.60 bits per heavy atom. The second-order valence-electron chi connectivity index (χ2n) is 7.04. The molecule has 0 aliphatic heterocycles. The third-order valence-corrected chi connectivity index (χ3v) is 3.96. The number of aromatic nitrogens is 3. The SMILES string of the molecule is CCCc1nc(C(=O)NC(CO)C(C)(C)C)nn1-c1ccccc1F. The zero-order valence-electron chi connectivity index (χ0n) is 15.1. The van der Waals surface area contributed by atoms with Gasteiger partial charge in [-0.25, -0.2) is 14.1 Å². The maximum Gasteiger partial charge on any atom is 0.291 e. The highest BCUT2D eigenvalue weighted by molar-refractivity contribution is 5.90. The Hall–Kier alpha value is -2.28. The van der Waals surface area contributed by atoms with Crippen molar-refractivity contribution in [2.75, 3.05) is 6.61 Å². The number of para-hydroxylation sites is 1. The lowest BCUT2D eigenvalue weighted by Crippen LogP contribution is -2.46. The van der Waals surface area contributed by atoms with E-state index in [4.69, 9.17) is 0 Å². The fourth-order valence-electron chi connectivity index (χ4n) is 2.40. The van der Waals surface area contributed by atoms with E-state index in [-0.39, 0.29) is 23.5 Å². The fraction of sp³-hybridized carbons (Fsp3) is 0.500. The molecule has 0 fully saturated rings. The maximum absolute atomic E-state index is 14.1. The molecule has 1 unspecified atom stereocenters. The molecule has 2 rings (SSSR count). The second kappa shape index (κ2) is 7.74. The van der Waals surface area contributed by atoms with Crippen molar-refractivity contribution in [2.45, 2.75) is 46.6 Å². The zero-order chi connectivity index (χ0) is 18.6. The number of aryl methyl sites for hydroxylation is 1. The van der Waals surface area contributed by atoms with Crippen LogP contribution in [0.25, 0.3) is 5.69 Å². The van der Waals surface area contributed by atoms with Crippen molar-refractivity contribution in [1.82, 2.24) is 20.1 Å². The molecule has 25 heavy (non-hydrogen) atoms. The van der Waals surface area contributed by atoms with Gasteiger partial charge in [-0.2, -0.15) is 0 Å². The number of hydrogen-bond donors (Lipinski definition) is 2. The summed E-state index contributed by atoms with van der Waals surface area (Å²) in [5.41, 5.74) is -0.0582. The number of aliphatic hydroxyl groups is 1. The maximum atomic E-state index is 14.1. The predicted octanol–water partition coefficient (Wildman–Crippen LogP) is 2.50. The van der Waals surface area contributed by atoms with E-state index in [1.165, 1.54) is 10.7 Å². The number of hydrogen-bond acceptors (Lipinski definition) is 4. The summed E-state index contributed by atoms with van der Waals surface area (Å²) < 4.78 is 15.5. The first-order valence-electron chi connectivity index (χ1n) is 8.40. The molecule has 1 atom stereocenters. The number of benzene rings is 1. The average Bonchev–Trinajstić information content (AvgIpc) is 2.96. The van der Waals surface area contributed by atoms with Gasteiger partial charge in [0.2, 0.25) is 5.82 Å². The smallest absolute Gasteiger partial charge is 0.291 e. The summed E-state index contributed by atoms with van der Waals surface area (Å²) in [4.78, 5) is 16.8. The normalized spacial score (nSPS) is 12.9. The summed E-state index contributed by atoms with van der Waals surface area (Å²) >= 11 is 0. The Morgan fingerprint density at radius 1 is 1.36 bits per heavy atom. The number of aliphatic hydroxyl groups excluding tert-OH is 1. The van der Waals surface area contributed by atoms with Gasteiger partial charge in [0.15, 0.2) is 0 Å². The lowest BCUT2D eigenvalue weighted by molar-refractivity contribution is 0.0837. The number of nitrogens with zero attached hydrogens (tertiary/aromatic N) is 3. The third kappa shape index (κ3) is 4.42. The van der Waals surface area contributed by atoms with Crippen molar-refractivity contribution >= 4 is 5.91 Å². The Morgan fingerprint density at radius 2 is 2.04 bits per heavy atom. The van der Waals surface area contributed by atoms with Gasteiger partial charge in [0.1, 0.15) is 17.3 Å². The zero-order valence-corrected chi connectivity index (χ0v) is 15.1. The van der Waals surface area contributed by atoms with Crippen LogP contribution in [0.5, 0.6) is 0 Å². The van der Waals surface area contributed by atoms with Crippen LogP contribution in [0.15, 0.2) is 24.3 Å². The van der Waals surface area contributed by atoms with Crippen LogP contribution in [-0.2, 0) is 6.42 Å². The van der Waals surface area contributed by atoms with Gasteiger partial charge < -0.3 is 10.4 Å². The molecule has 0 saturated heterocycles. The van der Waals surface area contributed by atoms with Crippen LogP contribution in [-0.4, -0.2) is 38.4 Å². The Kier molecular flexibility index (Phi) is 5.89. The van der Waals surface area contributed by atoms with Crippen LogP contribution >= 0.6 is 0 Å². The molecular weight excluding hydrogens is 323 g/mol. The van der Waals surface area contributed by atoms with Crippen LogP contribution < -0.4 is 5.32 Å². The van der Waals surface area contributed by atoms with Gasteiger partial charge in [0.25, 0.3) is 5.91 Å². The van der Waals surface area contributed by atoms with Gasteiger partial charge in [-0.15, -0.1) is 5.10 Å². The number of carbonyl (C=O) groups is 1. The molecule has 0 saturated carbocycles. The molecule has 0 spiro atoms. The highest BCUT2D eigenvalue weighted by Gasteiger charge is 2.28. The first-order valence-corrected chi connectivity index (χ1v) is 8.40. The van der Waals surface area contributed by atoms with E-state index in [0.717, 1.165) is 6.42 Å². The van der Waals surface area contributed by atoms with Crippen molar-refractivity contribution in [3.05, 3.63) is 41.7 Å². The van der Waals surface area contributed by atoms with E-state index >= 15 is 0 Å². The third-order valence-electron chi connectivity index (χ3n) is 3.96. The monoisotopic (exact) mass is 348 g/mol. The van der Waals surface area contributed by atoms with Gasteiger partial charge in [0.05, 0.1) is 12.6 Å². The molecule has 0 aliphatic rings. The predicted molar refractivity (Wildman–Crippen MR) is 93.1 cm³/mol. The van der Waals surface area contributed by atoms with E-state index in [1.807, 2.05) is 27.7 Å². The molecular formula is C18H25FN4O2. The van der Waals surface area contributed by atoms with Gasteiger partial charge in [-0.1, -0.05) is 39.8 Å². The Balaban J connectivity index is 2.35. The molecule has 1 heterocycles. The van der Waals surface area contributed by atoms with Gasteiger partial charge in [-0.3, -0.25) is 4.79 Å². The van der Waals surface area contributed by atoms with E-state index < -0.39 is 17.8 Å². The largest absolute Gasteiger partial charge is 0.394 e. The molecule has 0 aliphatic carbocycles. The number of halogens is 1. The Bertz CT molecular complexity index is 737. The molecule has 0 bridgehead atoms. The first-order chi connectivity index (χ1) is 11.8. The van der Waals surface area contributed by atoms with Crippen molar-refractivity contribution in [3.8, 4) is 5.69 Å². The summed E-state index contributed by atoms with van der Waals surface area (Å²) in [7, 11) is 0. The molecule has 0 radical (unpaired) electrons. The van der Waals surface area contributed by atoms with E-state index in [2.05, 4.69) is 15.4 Å². The van der Waals surface area contributed by atoms with E-state index in [1.54, 1.807) is 18.2 Å². The standard InChI is InChI=1S/C18H25FN4O2/c1-5-8-15-21-16(17(25)20-14(11-24)18(2,3)4)22-23(15)13-10-7-6-9-12(13)19/h6-7,9-10,14,24H,5,8,11H2,1-4H3,(H,20,25). The van der Waals surface area contributed by atoms with E-state index in [0.29, 0.717) is 12.2 Å². The molecule has 6 nitrogen and oxygen atoms in total. The number of nitrogens with one attached hydrogen (secondary N) is 1. The molecule has 136 valence electrons. The lowest BCUT2D eigenvalue weighted by atomic mass is 9.87. The van der Waals surface area contributed by atoms with Crippen LogP contribution in [0.1, 0.15) is 50.6 Å². The average molecular weight is 348 g/mol. The highest BCUT2D eigenvalue weighted by Crippen LogP contribution is 2.19. The van der Waals surface area contributed by atoms with Crippen LogP contribution in [0.4, 0.5) is 4.39 Å². The summed E-state index contributed by atoms with van der Waals surface area (Å²) in [6.07, 6.45) is 1.35. The molecule has 2 N–H and O–H groups in total. The minimum atomic E-state index is -0.485. The topological polar surface area (TPSA) is 80.0 Å². The highest BCUT2D eigenvalue weighted by atomic mass is 19.1. The summed E-state index contributed by atoms with van der Waals surface area (Å²) in [6, 6.07) is 5.80. The van der Waals surface area contributed by atoms with E-state index in [9.17, 15) is 14.3 Å². The van der Waals surface area contributed by atoms with Gasteiger partial charge >= 0.3 is 0 Å². The summed E-state index contributed by atoms with van der Waals surface area (Å²) in [5.74, 6) is -0.426. The summed E-state index contributed by atoms with van der Waals surface area (Å²) in [5, 5.41) is 16.5. The van der Waals surface area contributed by atoms with Crippen LogP contribution in [0.3, 0.4) is 0 Å². The first kappa shape index (κ1) is 19.1. The second-order valence-corrected chi connectivity index (χ2v) is 7.04. The van der Waals surface area contributed by atoms with Crippen molar-refractivity contribution in [1.29, 1.82) is 0 Å². The molecule has 1 aromatic carbocycles. The molecule has 1 amide bonds. The quantitative estimate of drug-likeness (QED) is 0.840. The summed E-state index contributed by atoms with van der Waals surface area (Å²) in [6.45, 7) is 7.54. The number of carbonyl (C=O) groups excluding carboxylic acids is 1. The molecule has 7 heteroatoms. The molecule has 1 aromatic heterocycles. The van der Waals surface area contributed by atoms with Gasteiger partial charge in [-0.05, 0) is 24.0 Å². The van der Waals surface area contributed by atoms with Crippen LogP contribution in [0.2, 0.25) is 0 Å². The number of amides is 1. The van der Waals surface area contributed by atoms with Gasteiger partial charge in [0, 0.05) is 6.42 Å². The molecule has 2 aromatic rings. The minimum absolute atomic E-state index is 0.0330. The van der Waals surface area contributed by atoms with Crippen molar-refractivity contribution in [2.24, 2.45) is 5.41 Å². The minimum Gasteiger partial charge on any atom is -0.394 e.